The van der Waals surface area contributed by atoms with Gasteiger partial charge in [0.05, 0.1) is 77.9 Å². The number of nitrogens with one attached hydrogen (secondary N) is 7. The molecule has 0 fully saturated rings. The molecule has 0 saturated heterocycles. The Kier molecular flexibility index (Phi) is 79.7. The van der Waals surface area contributed by atoms with E-state index in [1.165, 1.54) is 84.8 Å². The molecule has 16 unspecified atom stereocenters. The Balaban J connectivity index is -0.000000206. The van der Waals surface area contributed by atoms with Crippen LogP contribution in [0.15, 0.2) is 37.4 Å². The van der Waals surface area contributed by atoms with E-state index >= 15 is 0 Å². The predicted octanol–water partition coefficient (Wildman–Crippen LogP) is 6.25. The summed E-state index contributed by atoms with van der Waals surface area (Å²) in [5, 5.41) is 18.4. The number of unbranched alkanes of at least 4 members (excludes halogenated alkanes) is 2. The highest BCUT2D eigenvalue weighted by molar-refractivity contribution is 7.60. The van der Waals surface area contributed by atoms with Gasteiger partial charge in [-0.1, -0.05) is 40.5 Å². The van der Waals surface area contributed by atoms with Gasteiger partial charge in [-0.2, -0.15) is 0 Å². The van der Waals surface area contributed by atoms with Crippen molar-refractivity contribution < 1.29 is 152 Å². The van der Waals surface area contributed by atoms with Crippen LogP contribution < -0.4 is 47.3 Å². The quantitative estimate of drug-likeness (QED) is 0.0151. The smallest absolute Gasteiger partial charge is 0.323 e. The second-order valence-electron chi connectivity index (χ2n) is 26.8. The lowest BCUT2D eigenvalue weighted by atomic mass is 10.2. The van der Waals surface area contributed by atoms with E-state index in [-0.39, 0.29) is 68.8 Å². The topological polar surface area (TPSA) is 659 Å². The fraction of sp³-hybridized carbons (Fsp3) is 0.775. The minimum Gasteiger partial charge on any atom is -0.466 e. The Hall–Kier alpha value is -5.87. The third kappa shape index (κ3) is 80.7. The molecular weight excluding hydrogens is 1780 g/mol. The van der Waals surface area contributed by atoms with Crippen molar-refractivity contribution in [3.63, 3.8) is 0 Å². The second kappa shape index (κ2) is 74.0. The number of nitrogens with two attached hydrogens (primary N) is 2. The van der Waals surface area contributed by atoms with Gasteiger partial charge < -0.3 is 88.6 Å². The van der Waals surface area contributed by atoms with Gasteiger partial charge in [-0.25, -0.2) is 40.1 Å². The fourth-order valence-corrected chi connectivity index (χ4v) is 14.1. The number of aromatic nitrogens is 4. The fourth-order valence-electron chi connectivity index (χ4n) is 7.26. The van der Waals surface area contributed by atoms with Gasteiger partial charge >= 0.3 is 67.3 Å². The summed E-state index contributed by atoms with van der Waals surface area (Å²) in [6.45, 7) is 46.7. The summed E-state index contributed by atoms with van der Waals surface area (Å²) in [6, 6.07) is -4.60. The average Bonchev–Trinajstić information content (AvgIpc) is 1.55. The van der Waals surface area contributed by atoms with Crippen LogP contribution in [0.4, 0.5) is 0 Å². The lowest BCUT2D eigenvalue weighted by Crippen LogP contribution is -2.42. The summed E-state index contributed by atoms with van der Waals surface area (Å²) < 4.78 is 131. The number of nitrogens with zero attached hydrogens (tertiary/aromatic N) is 5. The lowest BCUT2D eigenvalue weighted by molar-refractivity contribution is -0.148. The molecule has 0 aromatic carbocycles. The summed E-state index contributed by atoms with van der Waals surface area (Å²) in [5.41, 5.74) is 10.4. The molecule has 2 rings (SSSR count). The van der Waals surface area contributed by atoms with Gasteiger partial charge in [-0.15, -0.1) is 0 Å². The molecule has 46 nitrogen and oxygen atoms in total. The van der Waals surface area contributed by atoms with Crippen LogP contribution in [-0.2, 0) is 127 Å². The molecule has 2 aromatic heterocycles. The largest absolute Gasteiger partial charge is 0.466 e. The SMILES string of the molecule is CCCCOC(=O)C(C)N.CCCCOC(=O)C(C)NP(C)(=O)NCC(C)C(=O)OCC.CCOC(=O)C(C)CNP(C)(=O)O.CCOC(=O)C(C)N.CCOC(=O)C(C)NC.CCOC(=O)C(C)NP(C)(=O)N(C)C(C)C(=O)OCC.CCOC(=O)C(C)NP(C)(=O)O.CCOC(=O)C(C)NP(C)(=O)n1ccnc1.CP(=O)(O)O.CP(=O)(O)n1ccnc1. The Bertz CT molecular complexity index is 3600. The molecule has 0 aliphatic heterocycles. The molecular formula is C71H151N14O32P7. The van der Waals surface area contributed by atoms with Crippen molar-refractivity contribution in [2.75, 3.05) is 140 Å². The van der Waals surface area contributed by atoms with E-state index in [0.29, 0.717) is 46.2 Å². The molecule has 124 heavy (non-hydrogen) atoms. The summed E-state index contributed by atoms with van der Waals surface area (Å²) >= 11 is 0. The number of imidazole rings is 2. The van der Waals surface area contributed by atoms with Crippen LogP contribution in [-0.4, -0.2) is 296 Å². The highest BCUT2D eigenvalue weighted by Gasteiger charge is 2.34. The predicted molar refractivity (Wildman–Crippen MR) is 474 cm³/mol. The summed E-state index contributed by atoms with van der Waals surface area (Å²) in [5.74, 6) is -4.67. The average molecular weight is 1930 g/mol. The van der Waals surface area contributed by atoms with E-state index in [1.807, 2.05) is 13.8 Å². The van der Waals surface area contributed by atoms with Crippen LogP contribution in [0.1, 0.15) is 164 Å². The molecule has 0 aliphatic carbocycles. The van der Waals surface area contributed by atoms with Gasteiger partial charge in [0.1, 0.15) is 61.0 Å². The molecule has 2 heterocycles. The van der Waals surface area contributed by atoms with Crippen molar-refractivity contribution in [2.45, 2.75) is 212 Å². The molecule has 732 valence electrons. The van der Waals surface area contributed by atoms with Crippen molar-refractivity contribution >= 4 is 112 Å². The Morgan fingerprint density at radius 1 is 0.395 bits per heavy atom. The Morgan fingerprint density at radius 2 is 0.685 bits per heavy atom. The van der Waals surface area contributed by atoms with Crippen molar-refractivity contribution in [1.29, 1.82) is 0 Å². The summed E-state index contributed by atoms with van der Waals surface area (Å²) in [6.07, 6.45) is 12.5. The first-order chi connectivity index (χ1) is 56.8. The van der Waals surface area contributed by atoms with Gasteiger partial charge in [0.2, 0.25) is 22.3 Å². The zero-order valence-electron chi connectivity index (χ0n) is 77.8. The maximum atomic E-state index is 12.6. The van der Waals surface area contributed by atoms with Crippen LogP contribution in [0.5, 0.6) is 0 Å². The van der Waals surface area contributed by atoms with E-state index in [9.17, 15) is 79.9 Å². The van der Waals surface area contributed by atoms with Gasteiger partial charge in [-0.05, 0) is 138 Å². The van der Waals surface area contributed by atoms with Crippen LogP contribution in [0.3, 0.4) is 0 Å². The number of esters is 10. The molecule has 0 aliphatic rings. The molecule has 0 saturated carbocycles. The summed E-state index contributed by atoms with van der Waals surface area (Å²) in [4.78, 5) is 161. The minimum absolute atomic E-state index is 0.156. The molecule has 0 spiro atoms. The van der Waals surface area contributed by atoms with Gasteiger partial charge in [0, 0.05) is 84.5 Å². The van der Waals surface area contributed by atoms with Crippen LogP contribution in [0.2, 0.25) is 0 Å². The number of ether oxygens (including phenoxy) is 10. The van der Waals surface area contributed by atoms with Crippen molar-refractivity contribution in [3.05, 3.63) is 37.4 Å². The van der Waals surface area contributed by atoms with Crippen molar-refractivity contribution in [3.8, 4) is 0 Å². The number of rotatable bonds is 43. The zero-order chi connectivity index (χ0) is 98.8. The van der Waals surface area contributed by atoms with Gasteiger partial charge in [0.15, 0.2) is 0 Å². The standard InChI is InChI=1S/C14H29N2O5P.C12H25N2O5P.C9H16N3O3P.C7H16NO4P.C7H15NO2.C6H14NO4P.C6H13NO2.C5H11NO2.C4H7N2O2P.CH5O3P/c1-6-8-9-21-14(18)12(4)16-22(5,19)15-10-11(3)13(17)20-7-2;1-7-18-11(15)9(3)13-20(6,17)14(5)10(4)12(16)19-8-2;1-4-15-9(13)8(2)11-16(3,14)12-6-5-10-7-12;1-4-12-7(9)6(2)5-8-13(3,10)11;1-3-4-5-10-7(9)6(2)8;1-4-11-6(8)5(2)7-12(3,9)10;1-4-9-6(8)5(2)7-3;1-3-8-5(7)4(2)6;1-9(7,8)6-3-2-5-4-6;1-5(2,3)4/h11-12H,6-10H2,1-5H3,(H2,15,16,19);9-10H,7-8H2,1-6H3,(H,13,17);5-8H,4H2,1-3H3,(H,11,14);6H,4-5H2,1-3H3,(H2,8,10,11);6H,3-5,8H2,1-2H3;5H,4H2,1-3H3,(H2,7,9,10);5,7H,4H2,1-3H3;4H,3,6H2,1-2H3;2-4H,1H3,(H,7,8);1H3,(H2,2,3,4). The Morgan fingerprint density at radius 3 is 0.984 bits per heavy atom. The number of carbonyl (C=O) groups excluding carboxylic acids is 10. The number of carbonyl (C=O) groups is 10. The van der Waals surface area contributed by atoms with Gasteiger partial charge in [-0.3, -0.25) is 93.7 Å². The molecule has 16 atom stereocenters. The first-order valence-corrected chi connectivity index (χ1v) is 54.3. The van der Waals surface area contributed by atoms with E-state index in [4.69, 9.17) is 73.8 Å². The van der Waals surface area contributed by atoms with E-state index < -0.39 is 136 Å². The van der Waals surface area contributed by atoms with Crippen LogP contribution in [0, 0.1) is 11.8 Å². The maximum Gasteiger partial charge on any atom is 0.323 e. The molecule has 0 amide bonds. The lowest BCUT2D eigenvalue weighted by Gasteiger charge is -2.31. The second-order valence-corrected chi connectivity index (χ2v) is 42.3. The summed E-state index contributed by atoms with van der Waals surface area (Å²) in [7, 11) is -18.9. The first-order valence-electron chi connectivity index (χ1n) is 39.6. The number of hydrogen-bond acceptors (Lipinski definition) is 32. The van der Waals surface area contributed by atoms with E-state index in [0.717, 1.165) is 39.0 Å². The Labute approximate surface area is 733 Å². The number of likely N-dealkylation sites (N-methyl/N-ethyl adjacent to an activating group) is 2. The minimum atomic E-state index is -3.64. The number of hydrogen-bond donors (Lipinski definition) is 14. The first kappa shape index (κ1) is 134. The monoisotopic (exact) mass is 1930 g/mol. The van der Waals surface area contributed by atoms with Crippen molar-refractivity contribution in [1.82, 2.24) is 59.2 Å². The molecule has 0 bridgehead atoms. The zero-order valence-corrected chi connectivity index (χ0v) is 84.1. The highest BCUT2D eigenvalue weighted by atomic mass is 31.2. The molecule has 2 aromatic rings. The third-order valence-corrected chi connectivity index (χ3v) is 22.8. The molecule has 16 N–H and O–H groups in total. The van der Waals surface area contributed by atoms with E-state index in [2.05, 4.69) is 55.3 Å². The van der Waals surface area contributed by atoms with Crippen LogP contribution >= 0.6 is 52.5 Å². The maximum absolute atomic E-state index is 12.6. The molecule has 0 radical (unpaired) electrons. The van der Waals surface area contributed by atoms with E-state index in [1.54, 1.807) is 138 Å². The normalized spacial score (nSPS) is 15.9. The highest BCUT2D eigenvalue weighted by Crippen LogP contribution is 2.43. The van der Waals surface area contributed by atoms with Crippen molar-refractivity contribution in [2.24, 2.45) is 23.3 Å². The van der Waals surface area contributed by atoms with Gasteiger partial charge in [0.25, 0.3) is 22.6 Å². The molecule has 53 heteroatoms. The van der Waals surface area contributed by atoms with Crippen LogP contribution in [0.25, 0.3) is 0 Å². The third-order valence-electron chi connectivity index (χ3n) is 14.0.